The third-order valence-electron chi connectivity index (χ3n) is 4.45. The summed E-state index contributed by atoms with van der Waals surface area (Å²) < 4.78 is 3.34. The van der Waals surface area contributed by atoms with Gasteiger partial charge in [0.15, 0.2) is 0 Å². The SMILES string of the molecule is O=C(Nc1nc2nccc(C3CC3)n2n1)c1cc(-n2cccn2)ccc1Cl. The summed E-state index contributed by atoms with van der Waals surface area (Å²) >= 11 is 6.22. The second-order valence-corrected chi connectivity index (χ2v) is 6.77. The summed E-state index contributed by atoms with van der Waals surface area (Å²) in [6.45, 7) is 0. The molecule has 1 amide bonds. The van der Waals surface area contributed by atoms with Crippen LogP contribution in [0.5, 0.6) is 0 Å². The summed E-state index contributed by atoms with van der Waals surface area (Å²) in [6.07, 6.45) is 7.44. The summed E-state index contributed by atoms with van der Waals surface area (Å²) in [7, 11) is 0. The zero-order chi connectivity index (χ0) is 18.4. The number of halogens is 1. The molecule has 1 saturated carbocycles. The average molecular weight is 380 g/mol. The molecule has 27 heavy (non-hydrogen) atoms. The molecule has 1 aliphatic carbocycles. The molecular weight excluding hydrogens is 366 g/mol. The lowest BCUT2D eigenvalue weighted by Gasteiger charge is -2.07. The Kier molecular flexibility index (Phi) is 3.64. The van der Waals surface area contributed by atoms with E-state index in [1.54, 1.807) is 52.1 Å². The first-order valence-corrected chi connectivity index (χ1v) is 8.89. The second-order valence-electron chi connectivity index (χ2n) is 6.36. The number of aromatic nitrogens is 6. The van der Waals surface area contributed by atoms with Crippen molar-refractivity contribution in [1.29, 1.82) is 0 Å². The number of rotatable bonds is 4. The van der Waals surface area contributed by atoms with Crippen molar-refractivity contribution < 1.29 is 4.79 Å². The van der Waals surface area contributed by atoms with Crippen LogP contribution in [0, 0.1) is 0 Å². The Morgan fingerprint density at radius 3 is 2.89 bits per heavy atom. The summed E-state index contributed by atoms with van der Waals surface area (Å²) in [5.41, 5.74) is 2.11. The maximum Gasteiger partial charge on any atom is 0.259 e. The van der Waals surface area contributed by atoms with Crippen LogP contribution in [0.25, 0.3) is 11.5 Å². The fourth-order valence-corrected chi connectivity index (χ4v) is 3.18. The molecule has 1 fully saturated rings. The van der Waals surface area contributed by atoms with Crippen molar-refractivity contribution in [2.45, 2.75) is 18.8 Å². The number of benzene rings is 1. The van der Waals surface area contributed by atoms with E-state index in [0.29, 0.717) is 22.3 Å². The topological polar surface area (TPSA) is 90.0 Å². The van der Waals surface area contributed by atoms with Crippen molar-refractivity contribution in [2.24, 2.45) is 0 Å². The Bertz CT molecular complexity index is 1150. The molecule has 134 valence electrons. The number of nitrogens with zero attached hydrogens (tertiary/aromatic N) is 6. The van der Waals surface area contributed by atoms with Crippen molar-refractivity contribution in [3.8, 4) is 5.69 Å². The summed E-state index contributed by atoms with van der Waals surface area (Å²) in [5.74, 6) is 0.756. The molecule has 8 nitrogen and oxygen atoms in total. The molecule has 0 unspecified atom stereocenters. The molecule has 5 rings (SSSR count). The van der Waals surface area contributed by atoms with Crippen LogP contribution < -0.4 is 5.32 Å². The molecule has 3 heterocycles. The molecule has 0 atom stereocenters. The Morgan fingerprint density at radius 1 is 1.22 bits per heavy atom. The first kappa shape index (κ1) is 16.0. The molecule has 0 aliphatic heterocycles. The number of fused-ring (bicyclic) bond motifs is 1. The zero-order valence-corrected chi connectivity index (χ0v) is 14.8. The van der Waals surface area contributed by atoms with Crippen molar-refractivity contribution in [2.75, 3.05) is 5.32 Å². The number of anilines is 1. The number of carbonyl (C=O) groups excluding carboxylic acids is 1. The number of nitrogens with one attached hydrogen (secondary N) is 1. The molecule has 1 aromatic carbocycles. The van der Waals surface area contributed by atoms with Crippen molar-refractivity contribution in [1.82, 2.24) is 29.4 Å². The van der Waals surface area contributed by atoms with E-state index >= 15 is 0 Å². The maximum atomic E-state index is 12.7. The van der Waals surface area contributed by atoms with E-state index in [9.17, 15) is 4.79 Å². The summed E-state index contributed by atoms with van der Waals surface area (Å²) in [6, 6.07) is 8.88. The fraction of sp³-hybridized carbons (Fsp3) is 0.167. The van der Waals surface area contributed by atoms with Gasteiger partial charge < -0.3 is 0 Å². The van der Waals surface area contributed by atoms with E-state index < -0.39 is 5.91 Å². The molecule has 0 spiro atoms. The lowest BCUT2D eigenvalue weighted by Crippen LogP contribution is -2.14. The summed E-state index contributed by atoms with van der Waals surface area (Å²) in [5, 5.41) is 11.6. The van der Waals surface area contributed by atoms with E-state index in [4.69, 9.17) is 11.6 Å². The standard InChI is InChI=1S/C18H14ClN7O/c19-14-5-4-12(25-9-1-7-21-25)10-13(14)16(27)22-17-23-18-20-8-6-15(11-2-3-11)26(18)24-17/h1,4-11H,2-3H2,(H,22,24,27). The van der Waals surface area contributed by atoms with Gasteiger partial charge in [-0.3, -0.25) is 10.1 Å². The highest BCUT2D eigenvalue weighted by molar-refractivity contribution is 6.34. The number of amides is 1. The number of carbonyl (C=O) groups is 1. The minimum absolute atomic E-state index is 0.196. The van der Waals surface area contributed by atoms with Crippen molar-refractivity contribution in [3.63, 3.8) is 0 Å². The van der Waals surface area contributed by atoms with Gasteiger partial charge in [-0.2, -0.15) is 14.6 Å². The molecule has 3 aromatic heterocycles. The Balaban J connectivity index is 1.46. The molecule has 1 N–H and O–H groups in total. The molecule has 9 heteroatoms. The van der Waals surface area contributed by atoms with E-state index in [2.05, 4.69) is 25.5 Å². The van der Waals surface area contributed by atoms with Crippen molar-refractivity contribution in [3.05, 3.63) is 65.2 Å². The molecule has 0 saturated heterocycles. The van der Waals surface area contributed by atoms with E-state index in [0.717, 1.165) is 24.2 Å². The van der Waals surface area contributed by atoms with Gasteiger partial charge in [-0.15, -0.1) is 5.10 Å². The minimum Gasteiger partial charge on any atom is -0.289 e. The Labute approximate surface area is 158 Å². The van der Waals surface area contributed by atoms with Crippen LogP contribution in [0.1, 0.15) is 34.8 Å². The van der Waals surface area contributed by atoms with E-state index in [-0.39, 0.29) is 5.95 Å². The first-order chi connectivity index (χ1) is 13.2. The van der Waals surface area contributed by atoms with Gasteiger partial charge in [-0.25, -0.2) is 9.67 Å². The van der Waals surface area contributed by atoms with Gasteiger partial charge in [-0.1, -0.05) is 11.6 Å². The molecule has 1 aliphatic rings. The van der Waals surface area contributed by atoms with Crippen LogP contribution in [-0.4, -0.2) is 35.3 Å². The van der Waals surface area contributed by atoms with Crippen LogP contribution in [0.2, 0.25) is 5.02 Å². The number of hydrogen-bond donors (Lipinski definition) is 1. The van der Waals surface area contributed by atoms with Crippen LogP contribution >= 0.6 is 11.6 Å². The first-order valence-electron chi connectivity index (χ1n) is 8.51. The monoisotopic (exact) mass is 379 g/mol. The minimum atomic E-state index is -0.391. The summed E-state index contributed by atoms with van der Waals surface area (Å²) in [4.78, 5) is 21.2. The van der Waals surface area contributed by atoms with Gasteiger partial charge in [-0.05, 0) is 43.2 Å². The number of hydrogen-bond acceptors (Lipinski definition) is 5. The van der Waals surface area contributed by atoms with E-state index in [1.807, 2.05) is 6.07 Å². The predicted molar refractivity (Wildman–Crippen MR) is 99.3 cm³/mol. The van der Waals surface area contributed by atoms with E-state index in [1.165, 1.54) is 0 Å². The van der Waals surface area contributed by atoms with Crippen molar-refractivity contribution >= 4 is 29.2 Å². The lowest BCUT2D eigenvalue weighted by molar-refractivity contribution is 0.102. The smallest absolute Gasteiger partial charge is 0.259 e. The van der Waals surface area contributed by atoms with Crippen LogP contribution in [0.3, 0.4) is 0 Å². The lowest BCUT2D eigenvalue weighted by atomic mass is 10.2. The van der Waals surface area contributed by atoms with Crippen LogP contribution in [0.15, 0.2) is 48.9 Å². The average Bonchev–Trinajstić information content (AvgIpc) is 3.20. The Morgan fingerprint density at radius 2 is 2.11 bits per heavy atom. The predicted octanol–water partition coefficient (Wildman–Crippen LogP) is 3.09. The molecule has 0 radical (unpaired) electrons. The van der Waals surface area contributed by atoms with Gasteiger partial charge in [0.2, 0.25) is 0 Å². The molecular formula is C18H14ClN7O. The second kappa shape index (κ2) is 6.17. The highest BCUT2D eigenvalue weighted by atomic mass is 35.5. The maximum absolute atomic E-state index is 12.7. The van der Waals surface area contributed by atoms with Crippen LogP contribution in [0.4, 0.5) is 5.95 Å². The highest BCUT2D eigenvalue weighted by Crippen LogP contribution is 2.39. The third-order valence-corrected chi connectivity index (χ3v) is 4.78. The molecule has 4 aromatic rings. The van der Waals surface area contributed by atoms with Gasteiger partial charge in [0.1, 0.15) is 0 Å². The van der Waals surface area contributed by atoms with Gasteiger partial charge in [0.25, 0.3) is 17.6 Å². The third kappa shape index (κ3) is 2.93. The normalized spacial score (nSPS) is 13.8. The van der Waals surface area contributed by atoms with Gasteiger partial charge in [0, 0.05) is 24.5 Å². The largest absolute Gasteiger partial charge is 0.289 e. The van der Waals surface area contributed by atoms with Gasteiger partial charge >= 0.3 is 0 Å². The van der Waals surface area contributed by atoms with Gasteiger partial charge in [0.05, 0.1) is 22.0 Å². The quantitative estimate of drug-likeness (QED) is 0.588. The Hall–Kier alpha value is -3.26. The van der Waals surface area contributed by atoms with Crippen LogP contribution in [-0.2, 0) is 0 Å². The fourth-order valence-electron chi connectivity index (χ4n) is 2.97. The zero-order valence-electron chi connectivity index (χ0n) is 14.1. The highest BCUT2D eigenvalue weighted by Gasteiger charge is 2.27. The molecule has 0 bridgehead atoms.